The summed E-state index contributed by atoms with van der Waals surface area (Å²) in [6, 6.07) is 26.1. The Balaban J connectivity index is 1.55. The lowest BCUT2D eigenvalue weighted by Crippen LogP contribution is -2.36. The molecule has 0 aromatic heterocycles. The fourth-order valence-corrected chi connectivity index (χ4v) is 3.93. The van der Waals surface area contributed by atoms with Gasteiger partial charge in [0.1, 0.15) is 0 Å². The second-order valence-electron chi connectivity index (χ2n) is 7.90. The molecule has 31 heavy (non-hydrogen) atoms. The van der Waals surface area contributed by atoms with Crippen molar-refractivity contribution >= 4 is 22.6 Å². The average Bonchev–Trinajstić information content (AvgIpc) is 2.83. The van der Waals surface area contributed by atoms with Crippen LogP contribution in [-0.4, -0.2) is 33.4 Å². The highest BCUT2D eigenvalue weighted by Gasteiger charge is 2.12. The van der Waals surface area contributed by atoms with Gasteiger partial charge in [-0.05, 0) is 60.0 Å². The highest BCUT2D eigenvalue weighted by molar-refractivity contribution is 5.82. The van der Waals surface area contributed by atoms with Crippen LogP contribution in [0.5, 0.6) is 0 Å². The number of ether oxygens (including phenoxy) is 1. The van der Waals surface area contributed by atoms with Crippen LogP contribution in [0.3, 0.4) is 0 Å². The minimum absolute atomic E-state index is 0.798. The molecule has 3 nitrogen and oxygen atoms in total. The van der Waals surface area contributed by atoms with Crippen molar-refractivity contribution < 1.29 is 4.74 Å². The molecule has 1 heterocycles. The van der Waals surface area contributed by atoms with Gasteiger partial charge in [-0.3, -0.25) is 0 Å². The van der Waals surface area contributed by atoms with Crippen LogP contribution in [0, 0.1) is 6.92 Å². The van der Waals surface area contributed by atoms with Crippen molar-refractivity contribution in [1.82, 2.24) is 0 Å². The number of hydrogen-bond acceptors (Lipinski definition) is 3. The number of allylic oxidation sites excluding steroid dienone is 2. The van der Waals surface area contributed by atoms with E-state index in [1.807, 2.05) is 6.08 Å². The zero-order valence-corrected chi connectivity index (χ0v) is 18.4. The van der Waals surface area contributed by atoms with Gasteiger partial charge >= 0.3 is 0 Å². The Morgan fingerprint density at radius 2 is 1.35 bits per heavy atom. The largest absolute Gasteiger partial charge is 0.378 e. The van der Waals surface area contributed by atoms with E-state index in [4.69, 9.17) is 4.74 Å². The van der Waals surface area contributed by atoms with Crippen molar-refractivity contribution in [2.75, 3.05) is 43.2 Å². The van der Waals surface area contributed by atoms with Crippen LogP contribution >= 0.6 is 0 Å². The number of anilines is 3. The lowest BCUT2D eigenvalue weighted by atomic mass is 9.96. The molecule has 0 atom stereocenters. The van der Waals surface area contributed by atoms with E-state index >= 15 is 0 Å². The van der Waals surface area contributed by atoms with Gasteiger partial charge in [-0.1, -0.05) is 60.7 Å². The van der Waals surface area contributed by atoms with Gasteiger partial charge in [-0.15, -0.1) is 0 Å². The zero-order chi connectivity index (χ0) is 21.6. The number of aryl methyl sites for hydroxylation is 1. The van der Waals surface area contributed by atoms with E-state index in [9.17, 15) is 0 Å². The van der Waals surface area contributed by atoms with Crippen molar-refractivity contribution in [2.24, 2.45) is 0 Å². The summed E-state index contributed by atoms with van der Waals surface area (Å²) < 4.78 is 5.47. The van der Waals surface area contributed by atoms with Crippen molar-refractivity contribution in [3.63, 3.8) is 0 Å². The second-order valence-corrected chi connectivity index (χ2v) is 7.90. The zero-order valence-electron chi connectivity index (χ0n) is 18.4. The molecule has 0 spiro atoms. The molecule has 3 heteroatoms. The molecule has 1 fully saturated rings. The molecule has 0 radical (unpaired) electrons. The van der Waals surface area contributed by atoms with Gasteiger partial charge in [0.05, 0.1) is 13.2 Å². The second kappa shape index (κ2) is 9.67. The van der Waals surface area contributed by atoms with Crippen LogP contribution in [0.2, 0.25) is 0 Å². The molecule has 0 unspecified atom stereocenters. The first-order valence-corrected chi connectivity index (χ1v) is 10.8. The molecule has 1 saturated heterocycles. The predicted octanol–water partition coefficient (Wildman–Crippen LogP) is 6.22. The van der Waals surface area contributed by atoms with Gasteiger partial charge in [-0.2, -0.15) is 0 Å². The first kappa shape index (κ1) is 21.0. The Bertz CT molecular complexity index is 1030. The first-order valence-electron chi connectivity index (χ1n) is 10.8. The number of hydrogen-bond donors (Lipinski definition) is 0. The van der Waals surface area contributed by atoms with Gasteiger partial charge in [0.25, 0.3) is 0 Å². The van der Waals surface area contributed by atoms with Gasteiger partial charge in [0, 0.05) is 37.2 Å². The van der Waals surface area contributed by atoms with E-state index in [1.165, 1.54) is 33.6 Å². The van der Waals surface area contributed by atoms with E-state index < -0.39 is 0 Å². The summed E-state index contributed by atoms with van der Waals surface area (Å²) in [7, 11) is 2.10. The van der Waals surface area contributed by atoms with Crippen molar-refractivity contribution in [3.8, 4) is 0 Å². The standard InChI is InChI=1S/C28H30N2O/c1-4-5-28(24-10-16-27(17-11-24)30-18-20-31-21-19-30)23-8-14-26(15-9-23)29(3)25-12-6-22(2)7-13-25/h4-17H,1,18-21H2,2-3H3. The Kier molecular flexibility index (Phi) is 6.54. The maximum absolute atomic E-state index is 5.47. The molecule has 0 saturated carbocycles. The molecule has 0 aliphatic carbocycles. The summed E-state index contributed by atoms with van der Waals surface area (Å²) in [5.41, 5.74) is 8.41. The molecule has 1 aliphatic heterocycles. The normalized spacial score (nSPS) is 14.4. The molecule has 0 N–H and O–H groups in total. The maximum Gasteiger partial charge on any atom is 0.0642 e. The van der Waals surface area contributed by atoms with Crippen LogP contribution in [0.1, 0.15) is 16.7 Å². The van der Waals surface area contributed by atoms with Crippen molar-refractivity contribution in [2.45, 2.75) is 6.92 Å². The highest BCUT2D eigenvalue weighted by Crippen LogP contribution is 2.29. The Morgan fingerprint density at radius 1 is 0.839 bits per heavy atom. The summed E-state index contributed by atoms with van der Waals surface area (Å²) in [6.45, 7) is 9.53. The third kappa shape index (κ3) is 4.89. The Hall–Kier alpha value is -3.30. The topological polar surface area (TPSA) is 15.7 Å². The number of nitrogens with zero attached hydrogens (tertiary/aromatic N) is 2. The number of rotatable bonds is 6. The molecule has 4 rings (SSSR count). The van der Waals surface area contributed by atoms with Gasteiger partial charge in [0.2, 0.25) is 0 Å². The molecule has 0 bridgehead atoms. The lowest BCUT2D eigenvalue weighted by molar-refractivity contribution is 0.122. The fourth-order valence-electron chi connectivity index (χ4n) is 3.93. The number of benzene rings is 3. The van der Waals surface area contributed by atoms with E-state index in [0.717, 1.165) is 32.0 Å². The van der Waals surface area contributed by atoms with E-state index in [2.05, 4.69) is 109 Å². The summed E-state index contributed by atoms with van der Waals surface area (Å²) in [5, 5.41) is 0. The third-order valence-electron chi connectivity index (χ3n) is 5.83. The van der Waals surface area contributed by atoms with E-state index in [-0.39, 0.29) is 0 Å². The smallest absolute Gasteiger partial charge is 0.0642 e. The monoisotopic (exact) mass is 410 g/mol. The summed E-state index contributed by atoms with van der Waals surface area (Å²) in [6.07, 6.45) is 3.94. The van der Waals surface area contributed by atoms with Crippen LogP contribution in [-0.2, 0) is 4.74 Å². The number of morpholine rings is 1. The molecule has 0 amide bonds. The quantitative estimate of drug-likeness (QED) is 0.449. The molecule has 1 aliphatic rings. The summed E-state index contributed by atoms with van der Waals surface area (Å²) in [4.78, 5) is 4.58. The van der Waals surface area contributed by atoms with Gasteiger partial charge < -0.3 is 14.5 Å². The molecular weight excluding hydrogens is 380 g/mol. The minimum atomic E-state index is 0.798. The lowest BCUT2D eigenvalue weighted by Gasteiger charge is -2.29. The van der Waals surface area contributed by atoms with Crippen LogP contribution in [0.15, 0.2) is 91.5 Å². The highest BCUT2D eigenvalue weighted by atomic mass is 16.5. The molecule has 158 valence electrons. The van der Waals surface area contributed by atoms with Crippen LogP contribution < -0.4 is 9.80 Å². The maximum atomic E-state index is 5.47. The minimum Gasteiger partial charge on any atom is -0.378 e. The molecule has 3 aromatic carbocycles. The SMILES string of the molecule is C=CC=C(c1ccc(N2CCOCC2)cc1)c1ccc(N(C)c2ccc(C)cc2)cc1. The Morgan fingerprint density at radius 3 is 1.90 bits per heavy atom. The average molecular weight is 411 g/mol. The van der Waals surface area contributed by atoms with Crippen molar-refractivity contribution in [3.05, 3.63) is 108 Å². The van der Waals surface area contributed by atoms with Crippen LogP contribution in [0.25, 0.3) is 5.57 Å². The first-order chi connectivity index (χ1) is 15.2. The fraction of sp³-hybridized carbons (Fsp3) is 0.214. The van der Waals surface area contributed by atoms with E-state index in [1.54, 1.807) is 0 Å². The van der Waals surface area contributed by atoms with Crippen molar-refractivity contribution in [1.29, 1.82) is 0 Å². The third-order valence-corrected chi connectivity index (χ3v) is 5.83. The predicted molar refractivity (Wildman–Crippen MR) is 132 cm³/mol. The Labute approximate surface area is 185 Å². The van der Waals surface area contributed by atoms with Gasteiger partial charge in [-0.25, -0.2) is 0 Å². The molecule has 3 aromatic rings. The summed E-state index contributed by atoms with van der Waals surface area (Å²) >= 11 is 0. The van der Waals surface area contributed by atoms with Gasteiger partial charge in [0.15, 0.2) is 0 Å². The summed E-state index contributed by atoms with van der Waals surface area (Å²) in [5.74, 6) is 0. The molecular formula is C28H30N2O. The van der Waals surface area contributed by atoms with E-state index in [0.29, 0.717) is 0 Å². The van der Waals surface area contributed by atoms with Crippen LogP contribution in [0.4, 0.5) is 17.1 Å².